The van der Waals surface area contributed by atoms with Gasteiger partial charge >= 0.3 is 185 Å². The van der Waals surface area contributed by atoms with E-state index in [-0.39, 0.29) is 0 Å². The Morgan fingerprint density at radius 2 is 1.54 bits per heavy atom. The molecule has 0 aromatic heterocycles. The van der Waals surface area contributed by atoms with E-state index >= 15 is 0 Å². The van der Waals surface area contributed by atoms with E-state index in [0.717, 1.165) is 29.6 Å². The first-order valence-corrected chi connectivity index (χ1v) is 12.7. The van der Waals surface area contributed by atoms with Gasteiger partial charge in [0.05, 0.1) is 0 Å². The van der Waals surface area contributed by atoms with Gasteiger partial charge in [-0.05, 0) is 0 Å². The molecule has 4 fully saturated rings. The summed E-state index contributed by atoms with van der Waals surface area (Å²) in [5, 5.41) is 0. The van der Waals surface area contributed by atoms with Gasteiger partial charge in [-0.1, -0.05) is 0 Å². The van der Waals surface area contributed by atoms with Crippen molar-refractivity contribution in [1.82, 2.24) is 0 Å². The molecule has 0 saturated heterocycles. The fourth-order valence-corrected chi connectivity index (χ4v) is 8.38. The van der Waals surface area contributed by atoms with Crippen molar-refractivity contribution in [3.63, 3.8) is 0 Å². The Hall–Kier alpha value is -0.937. The van der Waals surface area contributed by atoms with Crippen molar-refractivity contribution in [3.05, 3.63) is 64.7 Å². The standard InChI is InChI=1S/C27H29.Zr/c1-17-5-7-21(8-6-17)25-4-2-3-22-10-20(16-27(22)25)15-26-23-11-18-9-19(13-23)14-24(26)12-18;/h2-8,10,16,18-19,23-24,26H,9,11-15H2,1H3;. The Balaban J connectivity index is 1.32. The molecule has 7 rings (SSSR count). The van der Waals surface area contributed by atoms with Gasteiger partial charge in [-0.15, -0.1) is 0 Å². The first-order chi connectivity index (χ1) is 13.7. The Morgan fingerprint density at radius 3 is 2.21 bits per heavy atom. The number of rotatable bonds is 3. The Morgan fingerprint density at radius 1 is 0.857 bits per heavy atom. The molecule has 0 nitrogen and oxygen atoms in total. The molecule has 5 aliphatic carbocycles. The van der Waals surface area contributed by atoms with Crippen LogP contribution in [0.2, 0.25) is 0 Å². The van der Waals surface area contributed by atoms with Crippen LogP contribution in [0.5, 0.6) is 0 Å². The number of hydrogen-bond acceptors (Lipinski definition) is 0. The number of fused-ring (bicyclic) bond motifs is 1. The minimum absolute atomic E-state index is 0.685. The van der Waals surface area contributed by atoms with E-state index in [1.54, 1.807) is 68.0 Å². The molecule has 1 atom stereocenters. The minimum atomic E-state index is 0.685. The van der Waals surface area contributed by atoms with Gasteiger partial charge in [0.15, 0.2) is 0 Å². The van der Waals surface area contributed by atoms with Crippen LogP contribution in [-0.2, 0) is 24.7 Å². The van der Waals surface area contributed by atoms with Gasteiger partial charge in [-0.2, -0.15) is 0 Å². The van der Waals surface area contributed by atoms with Crippen LogP contribution in [0.3, 0.4) is 0 Å². The first kappa shape index (κ1) is 17.9. The van der Waals surface area contributed by atoms with E-state index in [9.17, 15) is 0 Å². The van der Waals surface area contributed by atoms with Gasteiger partial charge in [-0.3, -0.25) is 0 Å². The molecule has 5 aliphatic rings. The van der Waals surface area contributed by atoms with Gasteiger partial charge in [0, 0.05) is 0 Å². The summed E-state index contributed by atoms with van der Waals surface area (Å²) in [7, 11) is 0. The maximum absolute atomic E-state index is 2.61. The summed E-state index contributed by atoms with van der Waals surface area (Å²) in [5.74, 6) is 5.25. The van der Waals surface area contributed by atoms with Crippen molar-refractivity contribution in [2.45, 2.75) is 49.1 Å². The SMILES string of the molecule is Cc1ccc(-c2cccc3c2C=C(CC2C4CC5CC(C4)CC2C5)[CH]3[Zr])cc1. The Bertz CT molecular complexity index is 907. The van der Waals surface area contributed by atoms with Crippen molar-refractivity contribution in [2.24, 2.45) is 29.6 Å². The number of benzene rings is 2. The van der Waals surface area contributed by atoms with E-state index in [4.69, 9.17) is 0 Å². The summed E-state index contributed by atoms with van der Waals surface area (Å²) in [5.41, 5.74) is 9.02. The van der Waals surface area contributed by atoms with Crippen molar-refractivity contribution in [3.8, 4) is 11.1 Å². The molecule has 2 aromatic rings. The molecule has 1 heteroatoms. The summed E-state index contributed by atoms with van der Waals surface area (Å²) in [4.78, 5) is 0. The average molecular weight is 445 g/mol. The third-order valence-corrected chi connectivity index (χ3v) is 10.1. The van der Waals surface area contributed by atoms with Gasteiger partial charge in [0.2, 0.25) is 0 Å². The third-order valence-electron chi connectivity index (χ3n) is 8.41. The Labute approximate surface area is 184 Å². The molecule has 28 heavy (non-hydrogen) atoms. The monoisotopic (exact) mass is 443 g/mol. The summed E-state index contributed by atoms with van der Waals surface area (Å²) in [6.07, 6.45) is 11.8. The van der Waals surface area contributed by atoms with Crippen molar-refractivity contribution in [2.75, 3.05) is 0 Å². The molecule has 0 N–H and O–H groups in total. The van der Waals surface area contributed by atoms with Gasteiger partial charge in [-0.25, -0.2) is 0 Å². The molecule has 0 spiro atoms. The molecule has 141 valence electrons. The van der Waals surface area contributed by atoms with Gasteiger partial charge < -0.3 is 0 Å². The second-order valence-electron chi connectivity index (χ2n) is 10.1. The number of allylic oxidation sites excluding steroid dienone is 1. The van der Waals surface area contributed by atoms with Crippen LogP contribution in [-0.4, -0.2) is 0 Å². The summed E-state index contributed by atoms with van der Waals surface area (Å²) < 4.78 is 0.685. The van der Waals surface area contributed by atoms with Gasteiger partial charge in [0.25, 0.3) is 0 Å². The summed E-state index contributed by atoms with van der Waals surface area (Å²) in [6.45, 7) is 2.17. The van der Waals surface area contributed by atoms with Gasteiger partial charge in [0.1, 0.15) is 0 Å². The molecule has 4 bridgehead atoms. The molecular weight excluding hydrogens is 416 g/mol. The van der Waals surface area contributed by atoms with E-state index in [1.807, 2.05) is 0 Å². The second-order valence-corrected chi connectivity index (χ2v) is 11.5. The van der Waals surface area contributed by atoms with Crippen molar-refractivity contribution >= 4 is 6.08 Å². The topological polar surface area (TPSA) is 0 Å². The second kappa shape index (κ2) is 6.80. The Kier molecular flexibility index (Phi) is 4.34. The van der Waals surface area contributed by atoms with Crippen LogP contribution < -0.4 is 0 Å². The molecule has 0 aliphatic heterocycles. The average Bonchev–Trinajstić information content (AvgIpc) is 3.01. The van der Waals surface area contributed by atoms with Crippen LogP contribution in [0.15, 0.2) is 48.0 Å². The zero-order chi connectivity index (χ0) is 18.8. The molecular formula is C27H29Zr. The predicted octanol–water partition coefficient (Wildman–Crippen LogP) is 7.11. The fourth-order valence-electron chi connectivity index (χ4n) is 7.27. The zero-order valence-corrected chi connectivity index (χ0v) is 19.3. The van der Waals surface area contributed by atoms with Crippen LogP contribution in [0.25, 0.3) is 17.2 Å². The zero-order valence-electron chi connectivity index (χ0n) is 16.8. The van der Waals surface area contributed by atoms with Crippen LogP contribution >= 0.6 is 0 Å². The number of hydrogen-bond donors (Lipinski definition) is 0. The molecule has 0 heterocycles. The maximum atomic E-state index is 2.61. The summed E-state index contributed by atoms with van der Waals surface area (Å²) >= 11 is 1.67. The van der Waals surface area contributed by atoms with Crippen LogP contribution in [0, 0.1) is 36.5 Å². The fraction of sp³-hybridized carbons (Fsp3) is 0.481. The molecule has 1 unspecified atom stereocenters. The first-order valence-electron chi connectivity index (χ1n) is 11.3. The van der Waals surface area contributed by atoms with E-state index in [0.29, 0.717) is 3.63 Å². The molecule has 4 saturated carbocycles. The summed E-state index contributed by atoms with van der Waals surface area (Å²) in [6, 6.07) is 16.1. The predicted molar refractivity (Wildman–Crippen MR) is 112 cm³/mol. The van der Waals surface area contributed by atoms with E-state index < -0.39 is 0 Å². The normalized spacial score (nSPS) is 35.1. The molecule has 0 radical (unpaired) electrons. The van der Waals surface area contributed by atoms with E-state index in [1.165, 1.54) is 28.7 Å². The van der Waals surface area contributed by atoms with Crippen molar-refractivity contribution < 1.29 is 24.7 Å². The van der Waals surface area contributed by atoms with E-state index in [2.05, 4.69) is 55.5 Å². The quantitative estimate of drug-likeness (QED) is 0.473. The van der Waals surface area contributed by atoms with Crippen LogP contribution in [0.4, 0.5) is 0 Å². The molecule has 2 aromatic carbocycles. The molecule has 0 amide bonds. The van der Waals surface area contributed by atoms with Crippen molar-refractivity contribution in [1.29, 1.82) is 0 Å². The number of aryl methyl sites for hydroxylation is 1. The van der Waals surface area contributed by atoms with Crippen LogP contribution in [0.1, 0.15) is 58.8 Å². The third kappa shape index (κ3) is 2.87.